The van der Waals surface area contributed by atoms with Gasteiger partial charge in [-0.2, -0.15) is 0 Å². The van der Waals surface area contributed by atoms with E-state index in [1.54, 1.807) is 6.92 Å². The first-order chi connectivity index (χ1) is 10.2. The maximum absolute atomic E-state index is 13.4. The summed E-state index contributed by atoms with van der Waals surface area (Å²) in [7, 11) is -4.76. The van der Waals surface area contributed by atoms with Gasteiger partial charge in [0.25, 0.3) is 5.56 Å². The molecule has 0 amide bonds. The summed E-state index contributed by atoms with van der Waals surface area (Å²) in [5, 5.41) is 0. The van der Waals surface area contributed by atoms with Gasteiger partial charge in [0, 0.05) is 18.2 Å². The Morgan fingerprint density at radius 3 is 2.82 bits per heavy atom. The van der Waals surface area contributed by atoms with Crippen LogP contribution in [0.15, 0.2) is 21.9 Å². The molecule has 3 unspecified atom stereocenters. The second-order valence-electron chi connectivity index (χ2n) is 5.29. The number of halogens is 1. The number of nitrogens with zero attached hydrogens (tertiary/aromatic N) is 1. The fourth-order valence-electron chi connectivity index (χ4n) is 2.49. The van der Waals surface area contributed by atoms with E-state index in [4.69, 9.17) is 14.5 Å². The van der Waals surface area contributed by atoms with Crippen LogP contribution in [0.5, 0.6) is 0 Å². The van der Waals surface area contributed by atoms with Crippen LogP contribution in [-0.4, -0.2) is 38.2 Å². The average molecular weight is 338 g/mol. The quantitative estimate of drug-likeness (QED) is 0.639. The Labute approximate surface area is 123 Å². The number of alkyl halides is 1. The molecule has 22 heavy (non-hydrogen) atoms. The number of phosphoric acid groups is 1. The van der Waals surface area contributed by atoms with Crippen molar-refractivity contribution in [2.24, 2.45) is 5.92 Å². The number of rotatable bonds is 5. The number of H-pyrrole nitrogens is 1. The first kappa shape index (κ1) is 17.0. The van der Waals surface area contributed by atoms with Gasteiger partial charge in [-0.25, -0.2) is 13.8 Å². The zero-order valence-corrected chi connectivity index (χ0v) is 12.5. The van der Waals surface area contributed by atoms with Crippen LogP contribution in [0, 0.1) is 5.92 Å². The molecule has 9 nitrogen and oxygen atoms in total. The van der Waals surface area contributed by atoms with Gasteiger partial charge >= 0.3 is 13.5 Å². The molecule has 3 N–H and O–H groups in total. The van der Waals surface area contributed by atoms with Crippen molar-refractivity contribution in [3.63, 3.8) is 0 Å². The van der Waals surface area contributed by atoms with Gasteiger partial charge in [0.05, 0.1) is 6.61 Å². The molecule has 3 atom stereocenters. The van der Waals surface area contributed by atoms with Crippen molar-refractivity contribution in [3.05, 3.63) is 33.1 Å². The minimum absolute atomic E-state index is 0.0970. The van der Waals surface area contributed by atoms with Gasteiger partial charge in [-0.15, -0.1) is 0 Å². The molecule has 1 fully saturated rings. The first-order valence-corrected chi connectivity index (χ1v) is 7.94. The summed E-state index contributed by atoms with van der Waals surface area (Å²) in [5.41, 5.74) is -2.84. The summed E-state index contributed by atoms with van der Waals surface area (Å²) in [6.45, 7) is 0.00969. The second kappa shape index (κ2) is 6.05. The van der Waals surface area contributed by atoms with Crippen molar-refractivity contribution in [1.82, 2.24) is 9.55 Å². The van der Waals surface area contributed by atoms with Gasteiger partial charge < -0.3 is 14.5 Å². The molecule has 2 heterocycles. The van der Waals surface area contributed by atoms with E-state index in [2.05, 4.69) is 9.51 Å². The number of phosphoric ester groups is 1. The summed E-state index contributed by atoms with van der Waals surface area (Å²) >= 11 is 0. The predicted molar refractivity (Wildman–Crippen MR) is 71.9 cm³/mol. The lowest BCUT2D eigenvalue weighted by molar-refractivity contribution is -0.111. The van der Waals surface area contributed by atoms with E-state index in [0.29, 0.717) is 0 Å². The third-order valence-electron chi connectivity index (χ3n) is 3.42. The third-order valence-corrected chi connectivity index (χ3v) is 3.88. The van der Waals surface area contributed by atoms with Gasteiger partial charge in [-0.05, 0) is 6.42 Å². The Kier molecular flexibility index (Phi) is 4.69. The van der Waals surface area contributed by atoms with E-state index < -0.39 is 44.2 Å². The Bertz CT molecular complexity index is 698. The minimum atomic E-state index is -4.76. The highest BCUT2D eigenvalue weighted by atomic mass is 31.2. The van der Waals surface area contributed by atoms with Gasteiger partial charge in [0.2, 0.25) is 0 Å². The molecule has 1 saturated heterocycles. The third kappa shape index (κ3) is 3.71. The molecule has 1 aromatic rings. The number of hydrogen-bond acceptors (Lipinski definition) is 5. The van der Waals surface area contributed by atoms with Crippen LogP contribution in [0.1, 0.15) is 19.6 Å². The number of aromatic nitrogens is 2. The van der Waals surface area contributed by atoms with Gasteiger partial charge in [0.1, 0.15) is 18.5 Å². The number of nitrogens with one attached hydrogen (secondary N) is 1. The fourth-order valence-corrected chi connectivity index (χ4v) is 2.89. The highest BCUT2D eigenvalue weighted by Gasteiger charge is 2.47. The van der Waals surface area contributed by atoms with E-state index >= 15 is 0 Å². The summed E-state index contributed by atoms with van der Waals surface area (Å²) in [6, 6.07) is 1.12. The number of hydrogen-bond donors (Lipinski definition) is 3. The van der Waals surface area contributed by atoms with Crippen LogP contribution in [0.4, 0.5) is 4.39 Å². The lowest BCUT2D eigenvalue weighted by Crippen LogP contribution is -2.38. The first-order valence-electron chi connectivity index (χ1n) is 6.41. The molecular weight excluding hydrogens is 322 g/mol. The molecule has 0 aliphatic carbocycles. The summed E-state index contributed by atoms with van der Waals surface area (Å²) < 4.78 is 35.1. The number of ether oxygens (including phenoxy) is 1. The van der Waals surface area contributed by atoms with Gasteiger partial charge in [-0.3, -0.25) is 18.9 Å². The van der Waals surface area contributed by atoms with Crippen LogP contribution in [0.25, 0.3) is 0 Å². The summed E-state index contributed by atoms with van der Waals surface area (Å²) in [4.78, 5) is 42.3. The predicted octanol–water partition coefficient (Wildman–Crippen LogP) is -0.0908. The molecule has 2 rings (SSSR count). The van der Waals surface area contributed by atoms with E-state index in [9.17, 15) is 18.5 Å². The van der Waals surface area contributed by atoms with Crippen molar-refractivity contribution in [2.75, 3.05) is 13.3 Å². The average Bonchev–Trinajstić information content (AvgIpc) is 2.74. The largest absolute Gasteiger partial charge is 0.469 e. The van der Waals surface area contributed by atoms with Crippen molar-refractivity contribution in [3.8, 4) is 0 Å². The maximum Gasteiger partial charge on any atom is 0.469 e. The van der Waals surface area contributed by atoms with Gasteiger partial charge in [0.15, 0.2) is 0 Å². The lowest BCUT2D eigenvalue weighted by atomic mass is 9.96. The molecule has 1 aliphatic heterocycles. The second-order valence-corrected chi connectivity index (χ2v) is 6.53. The molecule has 1 aliphatic rings. The molecule has 1 aromatic heterocycles. The molecule has 0 bridgehead atoms. The smallest absolute Gasteiger partial charge is 0.346 e. The summed E-state index contributed by atoms with van der Waals surface area (Å²) in [6.07, 6.45) is 0.445. The normalized spacial score (nSPS) is 28.9. The minimum Gasteiger partial charge on any atom is -0.346 e. The Morgan fingerprint density at radius 2 is 2.27 bits per heavy atom. The van der Waals surface area contributed by atoms with Crippen LogP contribution in [-0.2, 0) is 13.8 Å². The number of aromatic amines is 1. The van der Waals surface area contributed by atoms with Crippen LogP contribution < -0.4 is 11.2 Å². The van der Waals surface area contributed by atoms with Crippen molar-refractivity contribution in [2.45, 2.75) is 25.2 Å². The lowest BCUT2D eigenvalue weighted by Gasteiger charge is -2.26. The topological polar surface area (TPSA) is 131 Å². The Hall–Kier alpha value is -1.32. The molecule has 124 valence electrons. The van der Waals surface area contributed by atoms with Crippen LogP contribution in [0.3, 0.4) is 0 Å². The van der Waals surface area contributed by atoms with E-state index in [-0.39, 0.29) is 12.3 Å². The molecule has 11 heteroatoms. The zero-order valence-electron chi connectivity index (χ0n) is 11.6. The summed E-state index contributed by atoms with van der Waals surface area (Å²) in [5.74, 6) is -0.334. The monoisotopic (exact) mass is 338 g/mol. The van der Waals surface area contributed by atoms with Crippen molar-refractivity contribution < 1.29 is 28.0 Å². The molecule has 0 saturated carbocycles. The highest BCUT2D eigenvalue weighted by Crippen LogP contribution is 2.44. The molecule has 0 aromatic carbocycles. The molecule has 0 spiro atoms. The standard InChI is InChI=1S/C11H16FN2O7P/c1-7-4-11(5-12,6-20-22(17,18)19)21-9(7)14-3-2-8(15)13-10(14)16/h2-3,7,9H,4-6H2,1H3,(H,13,15,16)(H2,17,18,19). The SMILES string of the molecule is CC1CC(CF)(COP(=O)(O)O)OC1n1ccc(=O)[nH]c1=O. The van der Waals surface area contributed by atoms with Crippen LogP contribution in [0.2, 0.25) is 0 Å². The van der Waals surface area contributed by atoms with E-state index in [1.807, 2.05) is 0 Å². The van der Waals surface area contributed by atoms with Crippen LogP contribution >= 0.6 is 7.82 Å². The molecular formula is C11H16FN2O7P. The van der Waals surface area contributed by atoms with Crippen molar-refractivity contribution >= 4 is 7.82 Å². The fraction of sp³-hybridized carbons (Fsp3) is 0.636. The molecule has 0 radical (unpaired) electrons. The zero-order chi connectivity index (χ0) is 16.5. The Morgan fingerprint density at radius 1 is 1.59 bits per heavy atom. The maximum atomic E-state index is 13.4. The highest BCUT2D eigenvalue weighted by molar-refractivity contribution is 7.46. The van der Waals surface area contributed by atoms with E-state index in [0.717, 1.165) is 10.6 Å². The van der Waals surface area contributed by atoms with E-state index in [1.165, 1.54) is 6.20 Å². The van der Waals surface area contributed by atoms with Crippen molar-refractivity contribution in [1.29, 1.82) is 0 Å². The van der Waals surface area contributed by atoms with Gasteiger partial charge in [-0.1, -0.05) is 6.92 Å². The Balaban J connectivity index is 2.24.